The summed E-state index contributed by atoms with van der Waals surface area (Å²) in [6.45, 7) is 8.62. The lowest BCUT2D eigenvalue weighted by atomic mass is 10.0. The topological polar surface area (TPSA) is 86.5 Å². The molecule has 2 aromatic rings. The van der Waals surface area contributed by atoms with Crippen LogP contribution in [-0.4, -0.2) is 29.8 Å². The predicted molar refractivity (Wildman–Crippen MR) is 110 cm³/mol. The van der Waals surface area contributed by atoms with Gasteiger partial charge in [-0.1, -0.05) is 12.1 Å². The number of carbonyl (C=O) groups is 1. The van der Waals surface area contributed by atoms with E-state index in [0.29, 0.717) is 13.2 Å². The van der Waals surface area contributed by atoms with Gasteiger partial charge in [0.05, 0.1) is 12.8 Å². The second-order valence-corrected chi connectivity index (χ2v) is 8.57. The Morgan fingerprint density at radius 3 is 2.54 bits per heavy atom. The highest BCUT2D eigenvalue weighted by Gasteiger charge is 2.44. The maximum atomic E-state index is 11.9. The minimum Gasteiger partial charge on any atom is -0.491 e. The van der Waals surface area contributed by atoms with E-state index in [1.165, 1.54) is 0 Å². The van der Waals surface area contributed by atoms with Gasteiger partial charge in [-0.2, -0.15) is 0 Å². The van der Waals surface area contributed by atoms with Gasteiger partial charge in [-0.25, -0.2) is 4.79 Å². The van der Waals surface area contributed by atoms with Gasteiger partial charge in [0.15, 0.2) is 0 Å². The first-order chi connectivity index (χ1) is 13.2. The average molecular weight is 383 g/mol. The highest BCUT2D eigenvalue weighted by atomic mass is 16.6. The fourth-order valence-electron chi connectivity index (χ4n) is 2.91. The van der Waals surface area contributed by atoms with Gasteiger partial charge in [0.2, 0.25) is 0 Å². The smallest absolute Gasteiger partial charge is 0.407 e. The van der Waals surface area contributed by atoms with E-state index in [4.69, 9.17) is 15.2 Å². The van der Waals surface area contributed by atoms with E-state index in [1.54, 1.807) is 6.20 Å². The number of nitrogens with zero attached hydrogens (tertiary/aromatic N) is 1. The van der Waals surface area contributed by atoms with E-state index in [1.807, 2.05) is 58.0 Å². The third-order valence-electron chi connectivity index (χ3n) is 4.79. The highest BCUT2D eigenvalue weighted by molar-refractivity contribution is 5.69. The number of rotatable bonds is 6. The predicted octanol–water partition coefficient (Wildman–Crippen LogP) is 4.32. The standard InChI is InChI=1S/C22H29N3O3/c1-15-19(16-5-7-17(23)8-6-16)11-18(12-24-15)27-14-22(9-10-22)13-25-20(26)28-21(2,3)4/h5-8,11-12H,9-10,13-14,23H2,1-4H3,(H,25,26). The molecule has 0 atom stereocenters. The summed E-state index contributed by atoms with van der Waals surface area (Å²) in [6, 6.07) is 9.73. The molecule has 0 saturated heterocycles. The van der Waals surface area contributed by atoms with Gasteiger partial charge in [-0.3, -0.25) is 4.98 Å². The molecule has 3 N–H and O–H groups in total. The average Bonchev–Trinajstić information content (AvgIpc) is 3.39. The normalized spacial score (nSPS) is 15.0. The molecule has 6 heteroatoms. The summed E-state index contributed by atoms with van der Waals surface area (Å²) in [5.41, 5.74) is 9.00. The fourth-order valence-corrected chi connectivity index (χ4v) is 2.91. The number of alkyl carbamates (subject to hydrolysis) is 1. The lowest BCUT2D eigenvalue weighted by molar-refractivity contribution is 0.0509. The number of amides is 1. The molecule has 3 rings (SSSR count). The Morgan fingerprint density at radius 1 is 1.25 bits per heavy atom. The van der Waals surface area contributed by atoms with Crippen LogP contribution in [0.4, 0.5) is 10.5 Å². The Hall–Kier alpha value is -2.76. The number of nitrogen functional groups attached to an aromatic ring is 1. The van der Waals surface area contributed by atoms with Crippen LogP contribution < -0.4 is 15.8 Å². The molecule has 1 aliphatic rings. The summed E-state index contributed by atoms with van der Waals surface area (Å²) in [5, 5.41) is 2.86. The van der Waals surface area contributed by atoms with Gasteiger partial charge < -0.3 is 20.5 Å². The first-order valence-electron chi connectivity index (χ1n) is 9.58. The number of benzene rings is 1. The summed E-state index contributed by atoms with van der Waals surface area (Å²) in [5.74, 6) is 0.723. The number of hydrogen-bond donors (Lipinski definition) is 2. The molecule has 1 fully saturated rings. The summed E-state index contributed by atoms with van der Waals surface area (Å²) in [4.78, 5) is 16.3. The molecule has 0 spiro atoms. The van der Waals surface area contributed by atoms with Crippen LogP contribution >= 0.6 is 0 Å². The zero-order valence-electron chi connectivity index (χ0n) is 17.0. The number of pyridine rings is 1. The van der Waals surface area contributed by atoms with E-state index >= 15 is 0 Å². The van der Waals surface area contributed by atoms with Gasteiger partial charge in [-0.15, -0.1) is 0 Å². The molecule has 1 amide bonds. The number of nitrogens with two attached hydrogens (primary N) is 1. The van der Waals surface area contributed by atoms with Crippen LogP contribution in [0.5, 0.6) is 5.75 Å². The summed E-state index contributed by atoms with van der Waals surface area (Å²) >= 11 is 0. The second-order valence-electron chi connectivity index (χ2n) is 8.57. The Kier molecular flexibility index (Phi) is 5.49. The van der Waals surface area contributed by atoms with E-state index in [2.05, 4.69) is 10.3 Å². The van der Waals surface area contributed by atoms with Crippen LogP contribution in [-0.2, 0) is 4.74 Å². The molecule has 28 heavy (non-hydrogen) atoms. The van der Waals surface area contributed by atoms with Gasteiger partial charge in [0, 0.05) is 28.9 Å². The molecule has 1 heterocycles. The van der Waals surface area contributed by atoms with Crippen LogP contribution in [0, 0.1) is 12.3 Å². The molecule has 0 bridgehead atoms. The number of aromatic nitrogens is 1. The maximum Gasteiger partial charge on any atom is 0.407 e. The number of aryl methyl sites for hydroxylation is 1. The molecule has 0 unspecified atom stereocenters. The molecule has 6 nitrogen and oxygen atoms in total. The number of nitrogens with one attached hydrogen (secondary N) is 1. The minimum absolute atomic E-state index is 0.0247. The lowest BCUT2D eigenvalue weighted by Gasteiger charge is -2.22. The van der Waals surface area contributed by atoms with Crippen LogP contribution in [0.15, 0.2) is 36.5 Å². The lowest BCUT2D eigenvalue weighted by Crippen LogP contribution is -2.37. The van der Waals surface area contributed by atoms with Crippen LogP contribution in [0.1, 0.15) is 39.3 Å². The molecule has 150 valence electrons. The monoisotopic (exact) mass is 383 g/mol. The van der Waals surface area contributed by atoms with Crippen LogP contribution in [0.3, 0.4) is 0 Å². The fraction of sp³-hybridized carbons (Fsp3) is 0.455. The number of carbonyl (C=O) groups excluding carboxylic acids is 1. The maximum absolute atomic E-state index is 11.9. The van der Waals surface area contributed by atoms with E-state index < -0.39 is 5.60 Å². The van der Waals surface area contributed by atoms with Crippen LogP contribution in [0.2, 0.25) is 0 Å². The molecule has 1 aromatic heterocycles. The first kappa shape index (κ1) is 20.0. The zero-order valence-corrected chi connectivity index (χ0v) is 17.0. The largest absolute Gasteiger partial charge is 0.491 e. The Labute approximate surface area is 166 Å². The summed E-state index contributed by atoms with van der Waals surface area (Å²) < 4.78 is 11.3. The molecular weight excluding hydrogens is 354 g/mol. The Balaban J connectivity index is 1.59. The molecular formula is C22H29N3O3. The van der Waals surface area contributed by atoms with Crippen molar-refractivity contribution >= 4 is 11.8 Å². The van der Waals surface area contributed by atoms with E-state index in [9.17, 15) is 4.79 Å². The van der Waals surface area contributed by atoms with Crippen molar-refractivity contribution in [3.63, 3.8) is 0 Å². The summed E-state index contributed by atoms with van der Waals surface area (Å²) in [6.07, 6.45) is 3.40. The summed E-state index contributed by atoms with van der Waals surface area (Å²) in [7, 11) is 0. The number of hydrogen-bond acceptors (Lipinski definition) is 5. The highest BCUT2D eigenvalue weighted by Crippen LogP contribution is 2.45. The molecule has 1 aromatic carbocycles. The van der Waals surface area contributed by atoms with Crippen molar-refractivity contribution < 1.29 is 14.3 Å². The SMILES string of the molecule is Cc1ncc(OCC2(CNC(=O)OC(C)(C)C)CC2)cc1-c1ccc(N)cc1. The second kappa shape index (κ2) is 7.70. The Morgan fingerprint density at radius 2 is 1.93 bits per heavy atom. The third-order valence-corrected chi connectivity index (χ3v) is 4.79. The van der Waals surface area contributed by atoms with E-state index in [0.717, 1.165) is 41.1 Å². The van der Waals surface area contributed by atoms with Gasteiger partial charge in [-0.05, 0) is 64.3 Å². The van der Waals surface area contributed by atoms with Crippen molar-refractivity contribution in [3.8, 4) is 16.9 Å². The number of anilines is 1. The van der Waals surface area contributed by atoms with Gasteiger partial charge in [0.1, 0.15) is 11.4 Å². The van der Waals surface area contributed by atoms with Gasteiger partial charge >= 0.3 is 6.09 Å². The van der Waals surface area contributed by atoms with Gasteiger partial charge in [0.25, 0.3) is 0 Å². The van der Waals surface area contributed by atoms with Crippen molar-refractivity contribution in [2.45, 2.75) is 46.1 Å². The van der Waals surface area contributed by atoms with Crippen molar-refractivity contribution in [1.29, 1.82) is 0 Å². The molecule has 1 saturated carbocycles. The molecule has 0 radical (unpaired) electrons. The molecule has 0 aliphatic heterocycles. The van der Waals surface area contributed by atoms with Crippen molar-refractivity contribution in [2.75, 3.05) is 18.9 Å². The first-order valence-corrected chi connectivity index (χ1v) is 9.58. The quantitative estimate of drug-likeness (QED) is 0.725. The zero-order chi connectivity index (χ0) is 20.4. The van der Waals surface area contributed by atoms with Crippen molar-refractivity contribution in [2.24, 2.45) is 5.41 Å². The number of ether oxygens (including phenoxy) is 2. The molecule has 1 aliphatic carbocycles. The van der Waals surface area contributed by atoms with Crippen molar-refractivity contribution in [1.82, 2.24) is 10.3 Å². The van der Waals surface area contributed by atoms with E-state index in [-0.39, 0.29) is 11.5 Å². The Bertz CT molecular complexity index is 837. The van der Waals surface area contributed by atoms with Crippen molar-refractivity contribution in [3.05, 3.63) is 42.2 Å². The minimum atomic E-state index is -0.497. The third kappa shape index (κ3) is 5.38. The van der Waals surface area contributed by atoms with Crippen LogP contribution in [0.25, 0.3) is 11.1 Å².